The number of aromatic nitrogens is 2. The normalized spacial score (nSPS) is 35.5. The summed E-state index contributed by atoms with van der Waals surface area (Å²) in [5.41, 5.74) is 0.587. The quantitative estimate of drug-likeness (QED) is 0.431. The highest BCUT2D eigenvalue weighted by Gasteiger charge is 2.60. The standard InChI is InChI=1S/C32H43N7O2S/c1-31(2)15-20-5-4-10-33-25-6-3-7-27(34-25)42-36-29(40)24-8-9-26(35-28(24)39(31)19-20)37-11-12-38(30(37)41)32-16-21-13-22(17-32)23(14-21)18-32/h3,6-9,20-23,30,41H,4-5,10-19H2,1-2H3,(H,33,34)(H,36,40)/t20-,21?,22?,23?,30?,32?/m0/s1. The molecule has 0 radical (unpaired) electrons. The van der Waals surface area contributed by atoms with E-state index in [4.69, 9.17) is 4.98 Å². The van der Waals surface area contributed by atoms with Gasteiger partial charge in [-0.3, -0.25) is 14.4 Å². The molecule has 0 spiro atoms. The van der Waals surface area contributed by atoms with Crippen LogP contribution in [0.15, 0.2) is 35.4 Å². The molecule has 8 bridgehead atoms. The summed E-state index contributed by atoms with van der Waals surface area (Å²) < 4.78 is 3.03. The van der Waals surface area contributed by atoms with Crippen molar-refractivity contribution in [3.05, 3.63) is 35.9 Å². The molecule has 1 amide bonds. The van der Waals surface area contributed by atoms with Crippen molar-refractivity contribution in [2.45, 2.75) is 87.7 Å². The van der Waals surface area contributed by atoms with Crippen LogP contribution in [0.1, 0.15) is 75.6 Å². The van der Waals surface area contributed by atoms with E-state index in [1.165, 1.54) is 44.1 Å². The van der Waals surface area contributed by atoms with E-state index < -0.39 is 6.35 Å². The summed E-state index contributed by atoms with van der Waals surface area (Å²) in [6, 6.07) is 9.69. The van der Waals surface area contributed by atoms with Crippen molar-refractivity contribution in [2.75, 3.05) is 41.3 Å². The SMILES string of the molecule is CC1(C)C[C@@H]2CCCNc3cccc(n3)SNC(=O)c3ccc(N4CCN(C56CC7CC(C5)C(C7)C6)C4O)nc3N1C2. The predicted octanol–water partition coefficient (Wildman–Crippen LogP) is 4.70. The van der Waals surface area contributed by atoms with E-state index in [2.05, 4.69) is 43.6 Å². The Morgan fingerprint density at radius 1 is 1.00 bits per heavy atom. The van der Waals surface area contributed by atoms with Crippen molar-refractivity contribution in [1.29, 1.82) is 0 Å². The van der Waals surface area contributed by atoms with Gasteiger partial charge in [0.2, 0.25) is 0 Å². The molecule has 4 atom stereocenters. The van der Waals surface area contributed by atoms with Crippen molar-refractivity contribution in [1.82, 2.24) is 19.6 Å². The number of carbonyl (C=O) groups is 1. The second-order valence-electron chi connectivity index (χ2n) is 14.4. The number of nitrogens with zero attached hydrogens (tertiary/aromatic N) is 5. The lowest BCUT2D eigenvalue weighted by Gasteiger charge is -2.47. The highest BCUT2D eigenvalue weighted by Crippen LogP contribution is 2.62. The second kappa shape index (κ2) is 9.99. The summed E-state index contributed by atoms with van der Waals surface area (Å²) in [6.45, 7) is 7.88. The highest BCUT2D eigenvalue weighted by molar-refractivity contribution is 7.97. The Morgan fingerprint density at radius 3 is 2.64 bits per heavy atom. The number of carbonyl (C=O) groups excluding carboxylic acids is 1. The summed E-state index contributed by atoms with van der Waals surface area (Å²) in [4.78, 5) is 30.4. The third-order valence-corrected chi connectivity index (χ3v) is 12.0. The van der Waals surface area contributed by atoms with Gasteiger partial charge in [0.1, 0.15) is 22.5 Å². The molecule has 2 aromatic rings. The smallest absolute Gasteiger partial charge is 0.265 e. The number of fused-ring (bicyclic) bond motifs is 6. The van der Waals surface area contributed by atoms with E-state index in [1.807, 2.05) is 30.3 Å². The molecule has 224 valence electrons. The summed E-state index contributed by atoms with van der Waals surface area (Å²) in [7, 11) is 0. The molecule has 7 aliphatic rings. The zero-order chi connectivity index (χ0) is 28.6. The van der Waals surface area contributed by atoms with Gasteiger partial charge in [-0.2, -0.15) is 0 Å². The molecule has 5 heterocycles. The topological polar surface area (TPSA) is 96.9 Å². The molecule has 2 saturated heterocycles. The molecule has 42 heavy (non-hydrogen) atoms. The van der Waals surface area contributed by atoms with Gasteiger partial charge in [-0.05, 0) is 113 Å². The summed E-state index contributed by atoms with van der Waals surface area (Å²) in [5, 5.41) is 16.0. The van der Waals surface area contributed by atoms with Crippen LogP contribution < -0.4 is 19.8 Å². The van der Waals surface area contributed by atoms with Crippen molar-refractivity contribution in [3.63, 3.8) is 0 Å². The number of rotatable bonds is 2. The average Bonchev–Trinajstić information content (AvgIpc) is 3.66. The molecular weight excluding hydrogens is 546 g/mol. The maximum Gasteiger partial charge on any atom is 0.265 e. The predicted molar refractivity (Wildman–Crippen MR) is 165 cm³/mol. The Labute approximate surface area is 253 Å². The van der Waals surface area contributed by atoms with Gasteiger partial charge in [0.25, 0.3) is 5.91 Å². The fraction of sp³-hybridized carbons (Fsp3) is 0.656. The second-order valence-corrected chi connectivity index (χ2v) is 15.3. The van der Waals surface area contributed by atoms with E-state index in [0.717, 1.165) is 85.7 Å². The third kappa shape index (κ3) is 4.47. The van der Waals surface area contributed by atoms with Crippen molar-refractivity contribution in [3.8, 4) is 0 Å². The van der Waals surface area contributed by atoms with Crippen LogP contribution in [0.3, 0.4) is 0 Å². The molecule has 4 aliphatic carbocycles. The van der Waals surface area contributed by atoms with E-state index in [1.54, 1.807) is 0 Å². The minimum atomic E-state index is -0.677. The molecular formula is C32H43N7O2S. The van der Waals surface area contributed by atoms with Gasteiger partial charge in [-0.15, -0.1) is 0 Å². The lowest BCUT2D eigenvalue weighted by atomic mass is 9.75. The Morgan fingerprint density at radius 2 is 1.83 bits per heavy atom. The summed E-state index contributed by atoms with van der Waals surface area (Å²) in [5.74, 6) is 5.20. The summed E-state index contributed by atoms with van der Waals surface area (Å²) in [6.07, 6.45) is 9.05. The van der Waals surface area contributed by atoms with E-state index >= 15 is 0 Å². The van der Waals surface area contributed by atoms with Crippen LogP contribution in [-0.2, 0) is 0 Å². The van der Waals surface area contributed by atoms with Gasteiger partial charge in [-0.1, -0.05) is 6.07 Å². The van der Waals surface area contributed by atoms with Crippen LogP contribution in [0.5, 0.6) is 0 Å². The molecule has 0 aromatic carbocycles. The van der Waals surface area contributed by atoms with Crippen LogP contribution in [0.25, 0.3) is 0 Å². The summed E-state index contributed by atoms with van der Waals surface area (Å²) >= 11 is 1.23. The fourth-order valence-corrected chi connectivity index (χ4v) is 10.3. The number of hydrogen-bond acceptors (Lipinski definition) is 9. The molecule has 2 aromatic heterocycles. The molecule has 10 heteroatoms. The Kier molecular flexibility index (Phi) is 6.43. The maximum absolute atomic E-state index is 13.7. The molecule has 4 saturated carbocycles. The molecule has 9 rings (SSSR count). The zero-order valence-electron chi connectivity index (χ0n) is 24.8. The van der Waals surface area contributed by atoms with E-state index in [-0.39, 0.29) is 17.0 Å². The zero-order valence-corrected chi connectivity index (χ0v) is 25.6. The van der Waals surface area contributed by atoms with E-state index in [9.17, 15) is 9.90 Å². The lowest BCUT2D eigenvalue weighted by Crippen LogP contribution is -2.55. The van der Waals surface area contributed by atoms with Crippen molar-refractivity contribution in [2.24, 2.45) is 23.7 Å². The Hall–Kier alpha value is -2.56. The molecule has 3 N–H and O–H groups in total. The van der Waals surface area contributed by atoms with Gasteiger partial charge in [0.15, 0.2) is 6.35 Å². The molecule has 3 unspecified atom stereocenters. The Balaban J connectivity index is 1.11. The first-order chi connectivity index (χ1) is 20.3. The van der Waals surface area contributed by atoms with Crippen LogP contribution >= 0.6 is 11.9 Å². The number of aliphatic hydroxyl groups excluding tert-OH is 1. The minimum Gasteiger partial charge on any atom is -0.370 e. The molecule has 3 aliphatic heterocycles. The lowest BCUT2D eigenvalue weighted by molar-refractivity contribution is -0.0616. The van der Waals surface area contributed by atoms with Crippen LogP contribution in [0.4, 0.5) is 17.5 Å². The number of amides is 1. The van der Waals surface area contributed by atoms with Crippen LogP contribution in [-0.4, -0.2) is 69.5 Å². The van der Waals surface area contributed by atoms with Gasteiger partial charge >= 0.3 is 0 Å². The van der Waals surface area contributed by atoms with Crippen LogP contribution in [0.2, 0.25) is 0 Å². The minimum absolute atomic E-state index is 0.134. The monoisotopic (exact) mass is 589 g/mol. The fourth-order valence-electron chi connectivity index (χ4n) is 9.71. The molecule has 9 nitrogen and oxygen atoms in total. The third-order valence-electron chi connectivity index (χ3n) is 11.3. The first kappa shape index (κ1) is 27.0. The number of aliphatic hydroxyl groups is 1. The maximum atomic E-state index is 13.7. The van der Waals surface area contributed by atoms with E-state index in [0.29, 0.717) is 11.5 Å². The number of anilines is 3. The first-order valence-corrected chi connectivity index (χ1v) is 16.8. The first-order valence-electron chi connectivity index (χ1n) is 16.0. The number of nitrogens with one attached hydrogen (secondary N) is 2. The van der Waals surface area contributed by atoms with Gasteiger partial charge in [0, 0.05) is 49.2 Å². The van der Waals surface area contributed by atoms with Gasteiger partial charge in [-0.25, -0.2) is 9.97 Å². The largest absolute Gasteiger partial charge is 0.370 e. The number of pyridine rings is 2. The number of hydrogen-bond donors (Lipinski definition) is 3. The average molecular weight is 590 g/mol. The van der Waals surface area contributed by atoms with Crippen LogP contribution in [0, 0.1) is 23.7 Å². The Bertz CT molecular complexity index is 1370. The van der Waals surface area contributed by atoms with Gasteiger partial charge < -0.3 is 20.2 Å². The van der Waals surface area contributed by atoms with Crippen molar-refractivity contribution >= 4 is 35.3 Å². The molecule has 6 fully saturated rings. The highest BCUT2D eigenvalue weighted by atomic mass is 32.2. The van der Waals surface area contributed by atoms with Gasteiger partial charge in [0.05, 0.1) is 5.56 Å². The van der Waals surface area contributed by atoms with Crippen molar-refractivity contribution < 1.29 is 9.90 Å².